The van der Waals surface area contributed by atoms with Crippen molar-refractivity contribution < 1.29 is 9.63 Å². The number of hydrogen-bond acceptors (Lipinski definition) is 3. The quantitative estimate of drug-likeness (QED) is 0.493. The Balaban J connectivity index is 2.05. The van der Waals surface area contributed by atoms with E-state index in [1.165, 1.54) is 0 Å². The Kier molecular flexibility index (Phi) is 1.52. The van der Waals surface area contributed by atoms with Gasteiger partial charge in [0.25, 0.3) is 0 Å². The Labute approximate surface area is 64.8 Å². The summed E-state index contributed by atoms with van der Waals surface area (Å²) in [5.74, 6) is 0.478. The van der Waals surface area contributed by atoms with Crippen LogP contribution in [0.25, 0.3) is 0 Å². The molecular formula is C7H10N2O2. The summed E-state index contributed by atoms with van der Waals surface area (Å²) in [4.78, 5) is 17.0. The summed E-state index contributed by atoms with van der Waals surface area (Å²) in [5.41, 5.74) is 1.03. The predicted octanol–water partition coefficient (Wildman–Crippen LogP) is -0.149. The lowest BCUT2D eigenvalue weighted by atomic mass is 9.97. The number of piperidine rings is 1. The van der Waals surface area contributed by atoms with Crippen LogP contribution in [0.5, 0.6) is 0 Å². The maximum absolute atomic E-state index is 10.4. The molecule has 4 nitrogen and oxygen atoms in total. The fourth-order valence-electron chi connectivity index (χ4n) is 1.49. The molecule has 2 rings (SSSR count). The smallest absolute Gasteiger partial charge is 0.210 e. The van der Waals surface area contributed by atoms with E-state index in [1.54, 1.807) is 4.90 Å². The maximum Gasteiger partial charge on any atom is 0.210 e. The molecule has 0 aromatic rings. The zero-order valence-electron chi connectivity index (χ0n) is 6.19. The van der Waals surface area contributed by atoms with Crippen molar-refractivity contribution in [3.63, 3.8) is 0 Å². The number of hydrogen-bond donors (Lipinski definition) is 0. The van der Waals surface area contributed by atoms with Gasteiger partial charge in [0.15, 0.2) is 0 Å². The van der Waals surface area contributed by atoms with Crippen LogP contribution in [0.4, 0.5) is 0 Å². The predicted molar refractivity (Wildman–Crippen MR) is 39.1 cm³/mol. The molecule has 2 heterocycles. The Morgan fingerprint density at radius 1 is 1.73 bits per heavy atom. The summed E-state index contributed by atoms with van der Waals surface area (Å²) in [7, 11) is 0. The lowest BCUT2D eigenvalue weighted by molar-refractivity contribution is -0.117. The summed E-state index contributed by atoms with van der Waals surface area (Å²) in [6.45, 7) is 2.22. The van der Waals surface area contributed by atoms with Crippen LogP contribution in [0.2, 0.25) is 0 Å². The lowest BCUT2D eigenvalue weighted by Gasteiger charge is -2.25. The van der Waals surface area contributed by atoms with Gasteiger partial charge in [0.2, 0.25) is 6.41 Å². The molecule has 60 valence electrons. The summed E-state index contributed by atoms with van der Waals surface area (Å²) < 4.78 is 0. The molecule has 0 unspecified atom stereocenters. The second kappa shape index (κ2) is 2.53. The SMILES string of the molecule is O=CN1CC[C@H]2CON=C2C1. The number of nitrogens with zero attached hydrogens (tertiary/aromatic N) is 2. The highest BCUT2D eigenvalue weighted by Gasteiger charge is 2.29. The van der Waals surface area contributed by atoms with Crippen molar-refractivity contribution >= 4 is 12.1 Å². The van der Waals surface area contributed by atoms with E-state index in [1.807, 2.05) is 0 Å². The van der Waals surface area contributed by atoms with Crippen molar-refractivity contribution in [2.75, 3.05) is 19.7 Å². The molecule has 1 amide bonds. The monoisotopic (exact) mass is 154 g/mol. The number of rotatable bonds is 1. The van der Waals surface area contributed by atoms with E-state index in [0.29, 0.717) is 19.1 Å². The van der Waals surface area contributed by atoms with Gasteiger partial charge in [0.1, 0.15) is 6.61 Å². The molecule has 11 heavy (non-hydrogen) atoms. The third kappa shape index (κ3) is 1.08. The number of carbonyl (C=O) groups is 1. The molecule has 0 spiro atoms. The van der Waals surface area contributed by atoms with Crippen LogP contribution in [0, 0.1) is 5.92 Å². The first-order valence-corrected chi connectivity index (χ1v) is 3.78. The first kappa shape index (κ1) is 6.64. The minimum Gasteiger partial charge on any atom is -0.395 e. The van der Waals surface area contributed by atoms with Gasteiger partial charge in [-0.05, 0) is 6.42 Å². The van der Waals surface area contributed by atoms with E-state index < -0.39 is 0 Å². The number of carbonyl (C=O) groups excluding carboxylic acids is 1. The van der Waals surface area contributed by atoms with Crippen molar-refractivity contribution in [3.05, 3.63) is 0 Å². The van der Waals surface area contributed by atoms with E-state index in [-0.39, 0.29) is 0 Å². The van der Waals surface area contributed by atoms with Gasteiger partial charge in [-0.2, -0.15) is 0 Å². The highest BCUT2D eigenvalue weighted by atomic mass is 16.6. The third-order valence-electron chi connectivity index (χ3n) is 2.21. The van der Waals surface area contributed by atoms with Gasteiger partial charge in [-0.25, -0.2) is 0 Å². The van der Waals surface area contributed by atoms with E-state index in [4.69, 9.17) is 4.84 Å². The average molecular weight is 154 g/mol. The Morgan fingerprint density at radius 3 is 3.45 bits per heavy atom. The molecule has 2 aliphatic heterocycles. The van der Waals surface area contributed by atoms with Crippen molar-refractivity contribution in [3.8, 4) is 0 Å². The Hall–Kier alpha value is -1.06. The number of fused-ring (bicyclic) bond motifs is 1. The van der Waals surface area contributed by atoms with Crippen molar-refractivity contribution in [2.24, 2.45) is 11.1 Å². The van der Waals surface area contributed by atoms with E-state index in [0.717, 1.165) is 25.1 Å². The second-order valence-corrected chi connectivity index (χ2v) is 2.94. The van der Waals surface area contributed by atoms with Crippen LogP contribution in [0.1, 0.15) is 6.42 Å². The van der Waals surface area contributed by atoms with Crippen LogP contribution in [-0.2, 0) is 9.63 Å². The molecule has 0 aromatic heterocycles. The van der Waals surface area contributed by atoms with Crippen LogP contribution >= 0.6 is 0 Å². The van der Waals surface area contributed by atoms with Gasteiger partial charge in [-0.3, -0.25) is 4.79 Å². The van der Waals surface area contributed by atoms with E-state index in [9.17, 15) is 4.79 Å². The minimum atomic E-state index is 0.478. The topological polar surface area (TPSA) is 41.9 Å². The largest absolute Gasteiger partial charge is 0.395 e. The molecule has 4 heteroatoms. The molecule has 0 aromatic carbocycles. The fraction of sp³-hybridized carbons (Fsp3) is 0.714. The van der Waals surface area contributed by atoms with Crippen LogP contribution in [0.3, 0.4) is 0 Å². The summed E-state index contributed by atoms with van der Waals surface area (Å²) in [6, 6.07) is 0. The Morgan fingerprint density at radius 2 is 2.64 bits per heavy atom. The molecule has 0 saturated carbocycles. The average Bonchev–Trinajstić information content (AvgIpc) is 2.50. The van der Waals surface area contributed by atoms with E-state index >= 15 is 0 Å². The molecule has 0 N–H and O–H groups in total. The van der Waals surface area contributed by atoms with Gasteiger partial charge >= 0.3 is 0 Å². The lowest BCUT2D eigenvalue weighted by Crippen LogP contribution is -2.39. The summed E-state index contributed by atoms with van der Waals surface area (Å²) in [6.07, 6.45) is 1.87. The van der Waals surface area contributed by atoms with Gasteiger partial charge < -0.3 is 9.74 Å². The van der Waals surface area contributed by atoms with Gasteiger partial charge in [0.05, 0.1) is 12.3 Å². The highest BCUT2D eigenvalue weighted by Crippen LogP contribution is 2.19. The number of amides is 1. The number of oxime groups is 1. The van der Waals surface area contributed by atoms with Crippen LogP contribution in [0.15, 0.2) is 5.16 Å². The fourth-order valence-corrected chi connectivity index (χ4v) is 1.49. The third-order valence-corrected chi connectivity index (χ3v) is 2.21. The first-order chi connectivity index (χ1) is 5.40. The molecule has 0 radical (unpaired) electrons. The molecule has 2 aliphatic rings. The zero-order valence-corrected chi connectivity index (χ0v) is 6.19. The maximum atomic E-state index is 10.4. The molecule has 1 fully saturated rings. The minimum absolute atomic E-state index is 0.478. The van der Waals surface area contributed by atoms with Gasteiger partial charge in [0, 0.05) is 12.5 Å². The second-order valence-electron chi connectivity index (χ2n) is 2.94. The van der Waals surface area contributed by atoms with Crippen molar-refractivity contribution in [2.45, 2.75) is 6.42 Å². The van der Waals surface area contributed by atoms with Gasteiger partial charge in [-0.15, -0.1) is 0 Å². The molecule has 0 aliphatic carbocycles. The first-order valence-electron chi connectivity index (χ1n) is 3.78. The van der Waals surface area contributed by atoms with Crippen molar-refractivity contribution in [1.82, 2.24) is 4.90 Å². The highest BCUT2D eigenvalue weighted by molar-refractivity contribution is 5.91. The van der Waals surface area contributed by atoms with Crippen LogP contribution < -0.4 is 0 Å². The summed E-state index contributed by atoms with van der Waals surface area (Å²) >= 11 is 0. The van der Waals surface area contributed by atoms with Crippen molar-refractivity contribution in [1.29, 1.82) is 0 Å². The molecular weight excluding hydrogens is 144 g/mol. The zero-order chi connectivity index (χ0) is 7.68. The molecule has 0 bridgehead atoms. The molecule has 1 saturated heterocycles. The normalized spacial score (nSPS) is 28.9. The van der Waals surface area contributed by atoms with Crippen LogP contribution in [-0.4, -0.2) is 36.7 Å². The Bertz CT molecular complexity index is 203. The summed E-state index contributed by atoms with van der Waals surface area (Å²) in [5, 5.41) is 3.87. The standard InChI is InChI=1S/C7H10N2O2/c10-5-9-2-1-6-4-11-8-7(6)3-9/h5-6H,1-4H2/t6-/m0/s1. The van der Waals surface area contributed by atoms with E-state index in [2.05, 4.69) is 5.16 Å². The molecule has 1 atom stereocenters. The number of likely N-dealkylation sites (tertiary alicyclic amines) is 1. The van der Waals surface area contributed by atoms with Gasteiger partial charge in [-0.1, -0.05) is 5.16 Å².